The normalized spacial score (nSPS) is 18.0. The van der Waals surface area contributed by atoms with Gasteiger partial charge in [0.1, 0.15) is 5.82 Å². The summed E-state index contributed by atoms with van der Waals surface area (Å²) in [5.41, 5.74) is 0.809. The number of carbonyl (C=O) groups excluding carboxylic acids is 1. The predicted octanol–water partition coefficient (Wildman–Crippen LogP) is 3.91. The number of nitrogens with one attached hydrogen (secondary N) is 1. The maximum absolute atomic E-state index is 14.0. The van der Waals surface area contributed by atoms with Crippen LogP contribution >= 0.6 is 0 Å². The second kappa shape index (κ2) is 7.43. The van der Waals surface area contributed by atoms with E-state index in [1.165, 1.54) is 6.07 Å². The second-order valence-electron chi connectivity index (χ2n) is 5.78. The molecule has 0 saturated carbocycles. The molecule has 2 rings (SSSR count). The summed E-state index contributed by atoms with van der Waals surface area (Å²) in [6, 6.07) is 4.73. The van der Waals surface area contributed by atoms with Crippen LogP contribution in [0.3, 0.4) is 0 Å². The van der Waals surface area contributed by atoms with Crippen molar-refractivity contribution in [1.29, 1.82) is 0 Å². The molecule has 0 aromatic heterocycles. The third-order valence-corrected chi connectivity index (χ3v) is 4.07. The Morgan fingerprint density at radius 2 is 2.19 bits per heavy atom. The fourth-order valence-corrected chi connectivity index (χ4v) is 2.96. The minimum Gasteiger partial charge on any atom is -0.382 e. The number of nitrogens with zero attached hydrogens (tertiary/aromatic N) is 1. The number of anilines is 1. The lowest BCUT2D eigenvalue weighted by atomic mass is 10.0. The van der Waals surface area contributed by atoms with Gasteiger partial charge in [-0.3, -0.25) is 4.79 Å². The fourth-order valence-electron chi connectivity index (χ4n) is 2.96. The molecule has 1 aliphatic heterocycles. The van der Waals surface area contributed by atoms with Gasteiger partial charge >= 0.3 is 0 Å². The second-order valence-corrected chi connectivity index (χ2v) is 5.78. The molecule has 1 heterocycles. The molecule has 0 radical (unpaired) electrons. The summed E-state index contributed by atoms with van der Waals surface area (Å²) >= 11 is 0. The third kappa shape index (κ3) is 3.74. The highest BCUT2D eigenvalue weighted by Gasteiger charge is 2.28. The van der Waals surface area contributed by atoms with Gasteiger partial charge in [-0.15, -0.1) is 0 Å². The lowest BCUT2D eigenvalue weighted by molar-refractivity contribution is 0.0787. The minimum atomic E-state index is -0.349. The first kappa shape index (κ1) is 15.8. The van der Waals surface area contributed by atoms with Crippen molar-refractivity contribution in [1.82, 2.24) is 4.90 Å². The molecule has 21 heavy (non-hydrogen) atoms. The average molecular weight is 292 g/mol. The van der Waals surface area contributed by atoms with Crippen molar-refractivity contribution in [3.8, 4) is 0 Å². The van der Waals surface area contributed by atoms with Crippen LogP contribution in [0.25, 0.3) is 0 Å². The summed E-state index contributed by atoms with van der Waals surface area (Å²) in [6.45, 7) is 6.44. The molecule has 1 unspecified atom stereocenters. The molecule has 1 aliphatic rings. The maximum atomic E-state index is 14.0. The molecule has 1 atom stereocenters. The van der Waals surface area contributed by atoms with Crippen LogP contribution in [0.5, 0.6) is 0 Å². The van der Waals surface area contributed by atoms with Gasteiger partial charge < -0.3 is 10.2 Å². The van der Waals surface area contributed by atoms with Crippen molar-refractivity contribution in [2.45, 2.75) is 39.5 Å². The lowest BCUT2D eigenvalue weighted by Crippen LogP contribution is -2.29. The molecule has 0 spiro atoms. The van der Waals surface area contributed by atoms with E-state index in [4.69, 9.17) is 0 Å². The molecule has 0 aliphatic carbocycles. The van der Waals surface area contributed by atoms with Crippen LogP contribution in [-0.4, -0.2) is 30.4 Å². The number of rotatable bonds is 6. The van der Waals surface area contributed by atoms with Gasteiger partial charge in [0.2, 0.25) is 0 Å². The predicted molar refractivity (Wildman–Crippen MR) is 84.1 cm³/mol. The van der Waals surface area contributed by atoms with E-state index in [1.54, 1.807) is 12.1 Å². The molecule has 116 valence electrons. The summed E-state index contributed by atoms with van der Waals surface area (Å²) in [4.78, 5) is 14.5. The van der Waals surface area contributed by atoms with Gasteiger partial charge in [-0.2, -0.15) is 0 Å². The number of para-hydroxylation sites is 1. The Kier molecular flexibility index (Phi) is 5.59. The summed E-state index contributed by atoms with van der Waals surface area (Å²) in [6.07, 6.45) is 4.26. The Hall–Kier alpha value is -1.58. The van der Waals surface area contributed by atoms with E-state index in [2.05, 4.69) is 12.2 Å². The van der Waals surface area contributed by atoms with Gasteiger partial charge in [-0.25, -0.2) is 4.39 Å². The standard InChI is InChI=1S/C17H25FN2O/c1-3-6-13-9-11-20(12-13)17(21)14-7-5-8-15(18)16(14)19-10-4-2/h5,7-8,13,19H,3-4,6,9-12H2,1-2H3. The smallest absolute Gasteiger partial charge is 0.256 e. The first-order chi connectivity index (χ1) is 10.2. The highest BCUT2D eigenvalue weighted by molar-refractivity contribution is 5.99. The number of benzene rings is 1. The zero-order valence-corrected chi connectivity index (χ0v) is 13.0. The Bertz CT molecular complexity index is 490. The molecule has 1 aromatic carbocycles. The van der Waals surface area contributed by atoms with E-state index >= 15 is 0 Å². The van der Waals surface area contributed by atoms with Gasteiger partial charge in [0.15, 0.2) is 0 Å². The summed E-state index contributed by atoms with van der Waals surface area (Å²) in [5, 5.41) is 3.05. The average Bonchev–Trinajstić information content (AvgIpc) is 2.94. The highest BCUT2D eigenvalue weighted by atomic mass is 19.1. The Balaban J connectivity index is 2.14. The van der Waals surface area contributed by atoms with Crippen LogP contribution in [-0.2, 0) is 0 Å². The van der Waals surface area contributed by atoms with E-state index in [1.807, 2.05) is 11.8 Å². The summed E-state index contributed by atoms with van der Waals surface area (Å²) in [7, 11) is 0. The van der Waals surface area contributed by atoms with E-state index < -0.39 is 0 Å². The quantitative estimate of drug-likeness (QED) is 0.862. The Morgan fingerprint density at radius 1 is 1.38 bits per heavy atom. The van der Waals surface area contributed by atoms with Crippen LogP contribution in [0.15, 0.2) is 18.2 Å². The molecule has 3 nitrogen and oxygen atoms in total. The minimum absolute atomic E-state index is 0.0493. The summed E-state index contributed by atoms with van der Waals surface area (Å²) < 4.78 is 14.0. The maximum Gasteiger partial charge on any atom is 0.256 e. The van der Waals surface area contributed by atoms with E-state index in [0.29, 0.717) is 23.7 Å². The number of carbonyl (C=O) groups is 1. The van der Waals surface area contributed by atoms with E-state index in [9.17, 15) is 9.18 Å². The number of hydrogen-bond donors (Lipinski definition) is 1. The van der Waals surface area contributed by atoms with Crippen molar-refractivity contribution in [3.05, 3.63) is 29.6 Å². The zero-order chi connectivity index (χ0) is 15.2. The van der Waals surface area contributed by atoms with Crippen molar-refractivity contribution in [3.63, 3.8) is 0 Å². The van der Waals surface area contributed by atoms with Crippen molar-refractivity contribution < 1.29 is 9.18 Å². The highest BCUT2D eigenvalue weighted by Crippen LogP contribution is 2.26. The number of halogens is 1. The topological polar surface area (TPSA) is 32.3 Å². The molecule has 1 saturated heterocycles. The van der Waals surface area contributed by atoms with Crippen molar-refractivity contribution >= 4 is 11.6 Å². The molecule has 1 amide bonds. The van der Waals surface area contributed by atoms with Crippen LogP contribution in [0.1, 0.15) is 49.9 Å². The largest absolute Gasteiger partial charge is 0.382 e. The molecule has 0 bridgehead atoms. The zero-order valence-electron chi connectivity index (χ0n) is 13.0. The fraction of sp³-hybridized carbons (Fsp3) is 0.588. The molecular weight excluding hydrogens is 267 g/mol. The van der Waals surface area contributed by atoms with Crippen LogP contribution in [0.2, 0.25) is 0 Å². The molecule has 4 heteroatoms. The number of hydrogen-bond acceptors (Lipinski definition) is 2. The number of amides is 1. The van der Waals surface area contributed by atoms with Crippen LogP contribution in [0.4, 0.5) is 10.1 Å². The molecule has 1 fully saturated rings. The van der Waals surface area contributed by atoms with Crippen molar-refractivity contribution in [2.75, 3.05) is 25.0 Å². The van der Waals surface area contributed by atoms with Gasteiger partial charge in [-0.05, 0) is 37.3 Å². The van der Waals surface area contributed by atoms with Gasteiger partial charge in [0, 0.05) is 19.6 Å². The SMILES string of the molecule is CCCNc1c(F)cccc1C(=O)N1CCC(CCC)C1. The first-order valence-corrected chi connectivity index (χ1v) is 7.99. The van der Waals surface area contributed by atoms with Gasteiger partial charge in [0.05, 0.1) is 11.3 Å². The first-order valence-electron chi connectivity index (χ1n) is 7.99. The Morgan fingerprint density at radius 3 is 2.90 bits per heavy atom. The van der Waals surface area contributed by atoms with Crippen molar-refractivity contribution in [2.24, 2.45) is 5.92 Å². The van der Waals surface area contributed by atoms with E-state index in [-0.39, 0.29) is 11.7 Å². The van der Waals surface area contributed by atoms with E-state index in [0.717, 1.165) is 38.8 Å². The van der Waals surface area contributed by atoms with Crippen LogP contribution < -0.4 is 5.32 Å². The Labute approximate surface area is 126 Å². The van der Waals surface area contributed by atoms with Gasteiger partial charge in [0.25, 0.3) is 5.91 Å². The lowest BCUT2D eigenvalue weighted by Gasteiger charge is -2.19. The molecule has 1 aromatic rings. The van der Waals surface area contributed by atoms with Gasteiger partial charge in [-0.1, -0.05) is 26.3 Å². The monoisotopic (exact) mass is 292 g/mol. The number of likely N-dealkylation sites (tertiary alicyclic amines) is 1. The molecule has 1 N–H and O–H groups in total. The van der Waals surface area contributed by atoms with Crippen LogP contribution in [0, 0.1) is 11.7 Å². The third-order valence-electron chi connectivity index (χ3n) is 4.07. The molecular formula is C17H25FN2O. The summed E-state index contributed by atoms with van der Waals surface area (Å²) in [5.74, 6) is 0.199.